The van der Waals surface area contributed by atoms with Crippen molar-refractivity contribution in [2.45, 2.75) is 49.8 Å². The zero-order chi connectivity index (χ0) is 29.3. The highest BCUT2D eigenvalue weighted by Crippen LogP contribution is 3.02. The van der Waals surface area contributed by atoms with Crippen molar-refractivity contribution in [3.8, 4) is 0 Å². The molecule has 2 fully saturated rings. The fraction of sp³-hybridized carbons (Fsp3) is 0.345. The minimum Gasteiger partial charge on any atom is -0.370 e. The molecule has 1 aliphatic carbocycles. The van der Waals surface area contributed by atoms with Gasteiger partial charge in [0.2, 0.25) is 5.78 Å². The third kappa shape index (κ3) is 5.41. The molecule has 1 spiro atoms. The number of ketones is 1. The van der Waals surface area contributed by atoms with E-state index in [2.05, 4.69) is 14.9 Å². The van der Waals surface area contributed by atoms with Gasteiger partial charge in [0.1, 0.15) is 10.6 Å². The molecule has 1 saturated carbocycles. The molecule has 0 radical (unpaired) electrons. The molecule has 5 nitrogen and oxygen atoms in total. The van der Waals surface area contributed by atoms with Gasteiger partial charge >= 0.3 is 10.2 Å². The van der Waals surface area contributed by atoms with Crippen molar-refractivity contribution in [1.29, 1.82) is 0 Å². The largest absolute Gasteiger partial charge is 0.370 e. The molecule has 1 saturated heterocycles. The van der Waals surface area contributed by atoms with E-state index in [1.807, 2.05) is 31.2 Å². The Morgan fingerprint density at radius 2 is 1.68 bits per heavy atom. The summed E-state index contributed by atoms with van der Waals surface area (Å²) in [7, 11) is -9.64. The van der Waals surface area contributed by atoms with Gasteiger partial charge in [-0.25, -0.2) is 9.97 Å². The van der Waals surface area contributed by atoms with Crippen LogP contribution in [0.1, 0.15) is 59.4 Å². The Bertz CT molecular complexity index is 1640. The second-order valence-corrected chi connectivity index (χ2v) is 14.1. The van der Waals surface area contributed by atoms with Crippen LogP contribution < -0.4 is 4.90 Å². The summed E-state index contributed by atoms with van der Waals surface area (Å²) in [6, 6.07) is 11.5. The smallest absolute Gasteiger partial charge is 0.310 e. The number of carbonyl (C=O) groups excluding carboxylic acids is 1. The number of benzene rings is 2. The van der Waals surface area contributed by atoms with Crippen LogP contribution in [-0.2, 0) is 12.8 Å². The Balaban J connectivity index is 1.02. The Morgan fingerprint density at radius 3 is 2.29 bits per heavy atom. The molecule has 2 aliphatic rings. The molecule has 2 aromatic heterocycles. The van der Waals surface area contributed by atoms with Crippen molar-refractivity contribution in [2.24, 2.45) is 5.41 Å². The van der Waals surface area contributed by atoms with Crippen LogP contribution in [0, 0.1) is 5.41 Å². The first kappa shape index (κ1) is 28.0. The number of rotatable bonds is 8. The second kappa shape index (κ2) is 8.91. The third-order valence-corrected chi connectivity index (χ3v) is 9.63. The molecule has 218 valence electrons. The molecule has 0 unspecified atom stereocenters. The predicted molar refractivity (Wildman–Crippen MR) is 151 cm³/mol. The van der Waals surface area contributed by atoms with Crippen LogP contribution >= 0.6 is 21.8 Å². The van der Waals surface area contributed by atoms with Crippen LogP contribution in [0.3, 0.4) is 0 Å². The van der Waals surface area contributed by atoms with Crippen LogP contribution in [0.25, 0.3) is 5.78 Å². The van der Waals surface area contributed by atoms with E-state index in [-0.39, 0.29) is 17.1 Å². The topological polar surface area (TPSA) is 50.5 Å². The van der Waals surface area contributed by atoms with Gasteiger partial charge in [-0.1, -0.05) is 62.2 Å². The van der Waals surface area contributed by atoms with E-state index < -0.39 is 15.1 Å². The van der Waals surface area contributed by atoms with Crippen molar-refractivity contribution < 1.29 is 24.2 Å². The van der Waals surface area contributed by atoms with Gasteiger partial charge in [0.15, 0.2) is 5.78 Å². The lowest BCUT2D eigenvalue weighted by atomic mass is 9.56. The number of anilines is 1. The van der Waals surface area contributed by atoms with Crippen LogP contribution in [-0.4, -0.2) is 33.2 Å². The third-order valence-electron chi connectivity index (χ3n) is 8.27. The summed E-state index contributed by atoms with van der Waals surface area (Å²) in [4.78, 5) is 22.2. The fourth-order valence-corrected chi connectivity index (χ4v) is 6.97. The van der Waals surface area contributed by atoms with Gasteiger partial charge in [-0.3, -0.25) is 9.20 Å². The van der Waals surface area contributed by atoms with Crippen LogP contribution in [0.15, 0.2) is 65.8 Å². The second-order valence-electron chi connectivity index (χ2n) is 11.3. The molecule has 0 bridgehead atoms. The minimum absolute atomic E-state index is 0.0186. The SMILES string of the molecule is CCc1nc2ncc(Cl)cn2c1C(=O)CCc1ccc(N2CC3(CC(c4ccc(S(F)(F)(F)(F)F)cc4)C3)C2)cc1. The van der Waals surface area contributed by atoms with E-state index >= 15 is 0 Å². The molecular weight excluding hydrogens is 583 g/mol. The van der Waals surface area contributed by atoms with Gasteiger partial charge in [-0.05, 0) is 67.0 Å². The molecule has 0 N–H and O–H groups in total. The number of aromatic nitrogens is 3. The zero-order valence-corrected chi connectivity index (χ0v) is 23.7. The van der Waals surface area contributed by atoms with E-state index in [0.717, 1.165) is 37.2 Å². The zero-order valence-electron chi connectivity index (χ0n) is 22.2. The quantitative estimate of drug-likeness (QED) is 0.148. The Morgan fingerprint density at radius 1 is 1.02 bits per heavy atom. The monoisotopic (exact) mass is 610 g/mol. The number of Topliss-reactive ketones (excluding diaryl/α,β-unsaturated/α-hetero) is 1. The van der Waals surface area contributed by atoms with Crippen molar-refractivity contribution in [3.63, 3.8) is 0 Å². The summed E-state index contributed by atoms with van der Waals surface area (Å²) in [6.07, 6.45) is 6.33. The summed E-state index contributed by atoms with van der Waals surface area (Å²) in [5.41, 5.74) is 4.12. The Labute approximate surface area is 239 Å². The van der Waals surface area contributed by atoms with Crippen molar-refractivity contribution in [3.05, 3.63) is 88.5 Å². The maximum atomic E-state index is 13.1. The first-order valence-electron chi connectivity index (χ1n) is 13.4. The number of carbonyl (C=O) groups is 1. The lowest BCUT2D eigenvalue weighted by molar-refractivity contribution is 0.0633. The van der Waals surface area contributed by atoms with Gasteiger partial charge < -0.3 is 4.90 Å². The fourth-order valence-electron chi connectivity index (χ4n) is 6.17. The van der Waals surface area contributed by atoms with Crippen molar-refractivity contribution in [2.75, 3.05) is 18.0 Å². The standard InChI is InChI=1S/C29H28ClF5N4OS/c1-2-25-27(39-16-22(30)15-36-28(39)37-25)26(40)12-5-19-3-8-23(9-4-19)38-17-29(18-38)13-21(14-29)20-6-10-24(11-7-20)41(31,32,33,34)35/h3-4,6-11,15-16,21H,2,5,12-14,17-18H2,1H3. The van der Waals surface area contributed by atoms with Crippen molar-refractivity contribution in [1.82, 2.24) is 14.4 Å². The molecule has 41 heavy (non-hydrogen) atoms. The lowest BCUT2D eigenvalue weighted by Gasteiger charge is -2.60. The maximum Gasteiger partial charge on any atom is 0.310 e. The maximum absolute atomic E-state index is 13.1. The van der Waals surface area contributed by atoms with E-state index in [4.69, 9.17) is 11.6 Å². The summed E-state index contributed by atoms with van der Waals surface area (Å²) < 4.78 is 66.6. The number of hydrogen-bond donors (Lipinski definition) is 0. The lowest BCUT2D eigenvalue weighted by Crippen LogP contribution is -2.61. The van der Waals surface area contributed by atoms with Gasteiger partial charge in [0.05, 0.1) is 16.9 Å². The van der Waals surface area contributed by atoms with E-state index in [1.54, 1.807) is 10.6 Å². The highest BCUT2D eigenvalue weighted by Gasteiger charge is 2.65. The highest BCUT2D eigenvalue weighted by atomic mass is 35.5. The van der Waals surface area contributed by atoms with Gasteiger partial charge in [0.25, 0.3) is 0 Å². The summed E-state index contributed by atoms with van der Waals surface area (Å²) in [5, 5.41) is 0.431. The first-order chi connectivity index (χ1) is 19.1. The molecule has 4 aromatic rings. The number of fused-ring (bicyclic) bond motifs is 1. The number of nitrogens with zero attached hydrogens (tertiary/aromatic N) is 4. The predicted octanol–water partition coefficient (Wildman–Crippen LogP) is 8.80. The van der Waals surface area contributed by atoms with Crippen LogP contribution in [0.2, 0.25) is 5.02 Å². The van der Waals surface area contributed by atoms with Crippen LogP contribution in [0.5, 0.6) is 0 Å². The van der Waals surface area contributed by atoms with Gasteiger partial charge in [-0.2, -0.15) is 0 Å². The number of hydrogen-bond acceptors (Lipinski definition) is 4. The Kier molecular flexibility index (Phi) is 6.08. The summed E-state index contributed by atoms with van der Waals surface area (Å²) >= 11 is 6.09. The molecule has 0 amide bonds. The van der Waals surface area contributed by atoms with Crippen LogP contribution in [0.4, 0.5) is 25.1 Å². The summed E-state index contributed by atoms with van der Waals surface area (Å²) in [5.74, 6) is 0.515. The van der Waals surface area contributed by atoms with Gasteiger partial charge in [0, 0.05) is 36.8 Å². The van der Waals surface area contributed by atoms with E-state index in [0.29, 0.717) is 59.1 Å². The molecule has 0 atom stereocenters. The molecule has 2 aromatic carbocycles. The summed E-state index contributed by atoms with van der Waals surface area (Å²) in [6.45, 7) is 3.63. The van der Waals surface area contributed by atoms with Crippen molar-refractivity contribution >= 4 is 39.1 Å². The first-order valence-corrected chi connectivity index (χ1v) is 15.7. The average molecular weight is 611 g/mol. The number of aryl methyl sites for hydroxylation is 2. The minimum atomic E-state index is -9.64. The van der Waals surface area contributed by atoms with E-state index in [1.165, 1.54) is 18.3 Å². The molecule has 6 rings (SSSR count). The molecule has 3 heterocycles. The van der Waals surface area contributed by atoms with E-state index in [9.17, 15) is 24.2 Å². The Hall–Kier alpha value is -3.18. The average Bonchev–Trinajstić information content (AvgIpc) is 3.23. The highest BCUT2D eigenvalue weighted by molar-refractivity contribution is 8.45. The molecular formula is C29H28ClF5N4OS. The number of imidazole rings is 1. The van der Waals surface area contributed by atoms with Gasteiger partial charge in [-0.15, -0.1) is 0 Å². The molecule has 12 heteroatoms. The molecule has 1 aliphatic heterocycles. The number of halogens is 6. The normalized spacial score (nSPS) is 18.6.